The minimum Gasteiger partial charge on any atom is -0.282 e. The van der Waals surface area contributed by atoms with Crippen molar-refractivity contribution in [1.29, 1.82) is 5.26 Å². The Labute approximate surface area is 109 Å². The molecule has 0 radical (unpaired) electrons. The van der Waals surface area contributed by atoms with E-state index in [4.69, 9.17) is 5.26 Å². The molecule has 0 aliphatic rings. The van der Waals surface area contributed by atoms with E-state index in [1.807, 2.05) is 6.92 Å². The number of nitrogens with zero attached hydrogens (tertiary/aromatic N) is 1. The van der Waals surface area contributed by atoms with Gasteiger partial charge in [-0.3, -0.25) is 4.55 Å². The van der Waals surface area contributed by atoms with Crippen LogP contribution in [-0.2, 0) is 9.74 Å². The third-order valence-electron chi connectivity index (χ3n) is 2.57. The highest BCUT2D eigenvalue weighted by molar-refractivity contribution is 8.49. The van der Waals surface area contributed by atoms with Crippen molar-refractivity contribution in [1.82, 2.24) is 0 Å². The first-order chi connectivity index (χ1) is 8.41. The summed E-state index contributed by atoms with van der Waals surface area (Å²) in [6.07, 6.45) is 1.07. The van der Waals surface area contributed by atoms with Crippen molar-refractivity contribution >= 4 is 22.2 Å². The molecule has 0 heterocycles. The maximum Gasteiger partial charge on any atom is 0.285 e. The average molecular weight is 285 g/mol. The fraction of sp³-hybridized carbons (Fsp3) is 0.417. The maximum atomic E-state index is 11.5. The van der Waals surface area contributed by atoms with Crippen molar-refractivity contribution < 1.29 is 13.0 Å². The number of rotatable bonds is 5. The predicted molar refractivity (Wildman–Crippen MR) is 73.7 cm³/mol. The van der Waals surface area contributed by atoms with Crippen LogP contribution < -0.4 is 5.30 Å². The van der Waals surface area contributed by atoms with Gasteiger partial charge < -0.3 is 0 Å². The van der Waals surface area contributed by atoms with Crippen molar-refractivity contribution in [3.05, 3.63) is 29.8 Å². The minimum absolute atomic E-state index is 0.384. The molecule has 98 valence electrons. The van der Waals surface area contributed by atoms with Crippen molar-refractivity contribution in [3.63, 3.8) is 0 Å². The lowest BCUT2D eigenvalue weighted by Crippen LogP contribution is -2.16. The molecular formula is C12H16NO3PS. The van der Waals surface area contributed by atoms with Crippen LogP contribution in [-0.4, -0.2) is 19.1 Å². The van der Waals surface area contributed by atoms with Gasteiger partial charge in [0.15, 0.2) is 0 Å². The smallest absolute Gasteiger partial charge is 0.282 e. The van der Waals surface area contributed by atoms with E-state index >= 15 is 0 Å². The molecule has 4 nitrogen and oxygen atoms in total. The van der Waals surface area contributed by atoms with Gasteiger partial charge in [0.25, 0.3) is 9.74 Å². The number of hydrogen-bond donors (Lipinski definition) is 1. The molecule has 0 aromatic heterocycles. The Morgan fingerprint density at radius 2 is 2.06 bits per heavy atom. The monoisotopic (exact) mass is 285 g/mol. The lowest BCUT2D eigenvalue weighted by molar-refractivity contribution is 0.501. The summed E-state index contributed by atoms with van der Waals surface area (Å²) in [5.41, 5.74) is 0.692. The van der Waals surface area contributed by atoms with Gasteiger partial charge in [-0.15, -0.1) is 0 Å². The molecule has 0 saturated carbocycles. The molecule has 2 atom stereocenters. The average Bonchev–Trinajstić information content (AvgIpc) is 2.33. The van der Waals surface area contributed by atoms with Gasteiger partial charge >= 0.3 is 0 Å². The van der Waals surface area contributed by atoms with Gasteiger partial charge in [0.05, 0.1) is 19.1 Å². The van der Waals surface area contributed by atoms with Crippen LogP contribution in [0.4, 0.5) is 0 Å². The molecule has 0 amide bonds. The zero-order valence-electron chi connectivity index (χ0n) is 10.4. The Morgan fingerprint density at radius 1 is 1.44 bits per heavy atom. The van der Waals surface area contributed by atoms with Crippen molar-refractivity contribution in [2.45, 2.75) is 26.2 Å². The highest BCUT2D eigenvalue weighted by Crippen LogP contribution is 2.43. The van der Waals surface area contributed by atoms with E-state index in [9.17, 15) is 13.0 Å². The molecule has 0 aliphatic heterocycles. The van der Waals surface area contributed by atoms with Crippen LogP contribution in [0.5, 0.6) is 0 Å². The first kappa shape index (κ1) is 15.1. The van der Waals surface area contributed by atoms with Gasteiger partial charge in [-0.2, -0.15) is 13.7 Å². The Hall–Kier alpha value is -0.950. The predicted octanol–water partition coefficient (Wildman–Crippen LogP) is 2.63. The molecule has 2 unspecified atom stereocenters. The lowest BCUT2D eigenvalue weighted by Gasteiger charge is -2.18. The second-order valence-electron chi connectivity index (χ2n) is 3.96. The summed E-state index contributed by atoms with van der Waals surface area (Å²) in [7, 11) is -5.77. The summed E-state index contributed by atoms with van der Waals surface area (Å²) in [5.74, 6) is -0.384. The Balaban J connectivity index is 3.34. The molecule has 1 aromatic carbocycles. The minimum atomic E-state index is -4.09. The van der Waals surface area contributed by atoms with Crippen LogP contribution in [0.3, 0.4) is 0 Å². The number of nitriles is 1. The lowest BCUT2D eigenvalue weighted by atomic mass is 10.0. The van der Waals surface area contributed by atoms with Gasteiger partial charge in [-0.05, 0) is 24.0 Å². The Morgan fingerprint density at radius 3 is 2.56 bits per heavy atom. The van der Waals surface area contributed by atoms with E-state index in [0.717, 1.165) is 0 Å². The Kier molecular flexibility index (Phi) is 5.28. The Bertz CT molecular complexity index is 551. The van der Waals surface area contributed by atoms with Gasteiger partial charge in [-0.1, -0.05) is 37.6 Å². The second-order valence-corrected chi connectivity index (χ2v) is 9.25. The van der Waals surface area contributed by atoms with Gasteiger partial charge in [0.2, 0.25) is 0 Å². The van der Waals surface area contributed by atoms with E-state index in [2.05, 4.69) is 6.07 Å². The fourth-order valence-electron chi connectivity index (χ4n) is 1.71. The molecule has 1 N–H and O–H groups in total. The molecule has 6 heteroatoms. The van der Waals surface area contributed by atoms with E-state index in [1.165, 1.54) is 0 Å². The maximum absolute atomic E-state index is 11.5. The summed E-state index contributed by atoms with van der Waals surface area (Å²) in [6, 6.07) is 9.06. The van der Waals surface area contributed by atoms with Gasteiger partial charge in [0, 0.05) is 0 Å². The fourth-order valence-corrected chi connectivity index (χ4v) is 6.13. The molecular weight excluding hydrogens is 269 g/mol. The molecule has 1 aromatic rings. The van der Waals surface area contributed by atoms with Crippen LogP contribution >= 0.6 is 7.12 Å². The van der Waals surface area contributed by atoms with Crippen LogP contribution in [0, 0.1) is 11.3 Å². The molecule has 0 fully saturated rings. The molecule has 0 spiro atoms. The van der Waals surface area contributed by atoms with Gasteiger partial charge in [0.1, 0.15) is 0 Å². The summed E-state index contributed by atoms with van der Waals surface area (Å²) < 4.78 is 32.3. The third-order valence-corrected chi connectivity index (χ3v) is 7.73. The summed E-state index contributed by atoms with van der Waals surface area (Å²) in [5, 5.41) is 9.56. The van der Waals surface area contributed by atoms with Crippen molar-refractivity contribution in [2.75, 3.05) is 6.16 Å². The van der Waals surface area contributed by atoms with Crippen molar-refractivity contribution in [3.8, 4) is 6.07 Å². The van der Waals surface area contributed by atoms with E-state index in [0.29, 0.717) is 23.5 Å². The number of benzene rings is 1. The normalized spacial score (nSPS) is 14.8. The molecule has 1 rings (SSSR count). The standard InChI is InChI=1S/C12H16NO3PS/c1-3-8-17(18(14,15)16)12-7-5-4-6-11(12)10(2)9-13/h4-7,10H,3,8H2,1-2H3,(H,14,15,16). The van der Waals surface area contributed by atoms with Crippen LogP contribution in [0.2, 0.25) is 0 Å². The first-order valence-corrected chi connectivity index (χ1v) is 9.22. The zero-order chi connectivity index (χ0) is 13.8. The van der Waals surface area contributed by atoms with E-state index in [-0.39, 0.29) is 5.92 Å². The SMILES string of the molecule is CCCP(c1ccccc1C(C)C#N)S(=O)(=O)O. The molecule has 18 heavy (non-hydrogen) atoms. The molecule has 0 saturated heterocycles. The van der Waals surface area contributed by atoms with Crippen LogP contribution in [0.1, 0.15) is 31.7 Å². The highest BCUT2D eigenvalue weighted by atomic mass is 32.8. The summed E-state index contributed by atoms with van der Waals surface area (Å²) in [6.45, 7) is 3.60. The van der Waals surface area contributed by atoms with E-state index < -0.39 is 16.9 Å². The number of hydrogen-bond acceptors (Lipinski definition) is 3. The highest BCUT2D eigenvalue weighted by Gasteiger charge is 2.27. The van der Waals surface area contributed by atoms with Crippen LogP contribution in [0.25, 0.3) is 0 Å². The molecule has 0 aliphatic carbocycles. The largest absolute Gasteiger partial charge is 0.285 e. The quantitative estimate of drug-likeness (QED) is 0.666. The zero-order valence-corrected chi connectivity index (χ0v) is 12.1. The topological polar surface area (TPSA) is 78.2 Å². The van der Waals surface area contributed by atoms with Crippen molar-refractivity contribution in [2.24, 2.45) is 0 Å². The first-order valence-electron chi connectivity index (χ1n) is 5.65. The van der Waals surface area contributed by atoms with Gasteiger partial charge in [-0.25, -0.2) is 0 Å². The van der Waals surface area contributed by atoms with E-state index in [1.54, 1.807) is 31.2 Å². The summed E-state index contributed by atoms with van der Waals surface area (Å²) >= 11 is 0. The summed E-state index contributed by atoms with van der Waals surface area (Å²) in [4.78, 5) is 0. The third kappa shape index (κ3) is 3.52. The molecule has 0 bridgehead atoms. The van der Waals surface area contributed by atoms with Crippen LogP contribution in [0.15, 0.2) is 24.3 Å². The second kappa shape index (κ2) is 6.29.